The SMILES string of the molecule is CC1=C(/C=C/C(C)=C/C=C/C(C)=C/C=C/C=C(C)/C=C/C=C(C)/C=C/C2=C(C)CCCC2(C=O)C=O)C(C)(C)CCC1. The van der Waals surface area contributed by atoms with E-state index in [2.05, 4.69) is 102 Å². The Balaban J connectivity index is 1.92. The van der Waals surface area contributed by atoms with Crippen LogP contribution < -0.4 is 0 Å². The van der Waals surface area contributed by atoms with E-state index in [1.807, 2.05) is 38.2 Å². The molecule has 0 aromatic carbocycles. The summed E-state index contributed by atoms with van der Waals surface area (Å²) in [5, 5.41) is 0. The van der Waals surface area contributed by atoms with Crippen LogP contribution in [0.5, 0.6) is 0 Å². The van der Waals surface area contributed by atoms with Gasteiger partial charge in [-0.15, -0.1) is 0 Å². The lowest BCUT2D eigenvalue weighted by atomic mass is 9.71. The third-order valence-corrected chi connectivity index (χ3v) is 8.36. The van der Waals surface area contributed by atoms with Gasteiger partial charge in [-0.1, -0.05) is 132 Å². The Hall–Kier alpha value is -3.52. The van der Waals surface area contributed by atoms with Gasteiger partial charge in [-0.25, -0.2) is 0 Å². The van der Waals surface area contributed by atoms with Crippen LogP contribution in [0.3, 0.4) is 0 Å². The second-order valence-electron chi connectivity index (χ2n) is 12.7. The van der Waals surface area contributed by atoms with Crippen LogP contribution in [0.2, 0.25) is 0 Å². The van der Waals surface area contributed by atoms with Gasteiger partial charge in [-0.05, 0) is 96.6 Å². The number of carbonyl (C=O) groups excluding carboxylic acids is 2. The number of aldehydes is 2. The summed E-state index contributed by atoms with van der Waals surface area (Å²) in [6.07, 6.45) is 37.1. The molecule has 0 atom stereocenters. The first kappa shape index (κ1) is 34.7. The molecule has 0 N–H and O–H groups in total. The van der Waals surface area contributed by atoms with E-state index in [4.69, 9.17) is 0 Å². The minimum Gasteiger partial charge on any atom is -0.302 e. The van der Waals surface area contributed by atoms with Crippen LogP contribution in [0.1, 0.15) is 93.9 Å². The summed E-state index contributed by atoms with van der Waals surface area (Å²) in [5.41, 5.74) is 8.92. The van der Waals surface area contributed by atoms with Crippen molar-refractivity contribution in [1.82, 2.24) is 0 Å². The third-order valence-electron chi connectivity index (χ3n) is 8.36. The zero-order valence-corrected chi connectivity index (χ0v) is 27.3. The summed E-state index contributed by atoms with van der Waals surface area (Å²) in [7, 11) is 0. The van der Waals surface area contributed by atoms with Crippen LogP contribution in [0.25, 0.3) is 0 Å². The van der Waals surface area contributed by atoms with E-state index in [-0.39, 0.29) is 5.41 Å². The highest BCUT2D eigenvalue weighted by molar-refractivity contribution is 5.90. The molecule has 0 aliphatic heterocycles. The monoisotopic (exact) mass is 564 g/mol. The molecule has 0 unspecified atom stereocenters. The van der Waals surface area contributed by atoms with Gasteiger partial charge in [0.05, 0.1) is 0 Å². The first-order chi connectivity index (χ1) is 19.9. The number of allylic oxidation sites excluding steroid dienone is 22. The molecule has 224 valence electrons. The number of hydrogen-bond acceptors (Lipinski definition) is 2. The molecule has 0 heterocycles. The molecule has 2 aliphatic carbocycles. The molecule has 0 aromatic rings. The summed E-state index contributed by atoms with van der Waals surface area (Å²) in [5.74, 6) is 0. The van der Waals surface area contributed by atoms with Crippen LogP contribution in [-0.4, -0.2) is 12.6 Å². The lowest BCUT2D eigenvalue weighted by Gasteiger charge is -2.32. The highest BCUT2D eigenvalue weighted by Gasteiger charge is 2.36. The Morgan fingerprint density at radius 3 is 1.45 bits per heavy atom. The molecule has 0 amide bonds. The molecule has 42 heavy (non-hydrogen) atoms. The van der Waals surface area contributed by atoms with E-state index in [1.54, 1.807) is 0 Å². The van der Waals surface area contributed by atoms with Gasteiger partial charge >= 0.3 is 0 Å². The predicted molar refractivity (Wildman–Crippen MR) is 182 cm³/mol. The van der Waals surface area contributed by atoms with Crippen molar-refractivity contribution < 1.29 is 9.59 Å². The minimum atomic E-state index is -0.987. The second kappa shape index (κ2) is 16.8. The fraction of sp³-hybridized carbons (Fsp3) is 0.400. The molecule has 0 fully saturated rings. The summed E-state index contributed by atoms with van der Waals surface area (Å²) in [6.45, 7) is 17.4. The smallest absolute Gasteiger partial charge is 0.137 e. The molecule has 0 saturated carbocycles. The molecule has 0 radical (unpaired) electrons. The van der Waals surface area contributed by atoms with Crippen LogP contribution in [-0.2, 0) is 9.59 Å². The normalized spacial score (nSPS) is 21.2. The molecule has 0 saturated heterocycles. The maximum atomic E-state index is 11.7. The molecule has 0 spiro atoms. The van der Waals surface area contributed by atoms with E-state index < -0.39 is 5.41 Å². The highest BCUT2D eigenvalue weighted by atomic mass is 16.1. The van der Waals surface area contributed by atoms with Crippen molar-refractivity contribution in [1.29, 1.82) is 0 Å². The van der Waals surface area contributed by atoms with E-state index in [0.29, 0.717) is 6.42 Å². The summed E-state index contributed by atoms with van der Waals surface area (Å²) < 4.78 is 0. The van der Waals surface area contributed by atoms with Crippen molar-refractivity contribution in [2.75, 3.05) is 0 Å². The van der Waals surface area contributed by atoms with Crippen LogP contribution in [0.15, 0.2) is 130 Å². The average molecular weight is 565 g/mol. The largest absolute Gasteiger partial charge is 0.302 e. The van der Waals surface area contributed by atoms with E-state index >= 15 is 0 Å². The molecular weight excluding hydrogens is 512 g/mol. The van der Waals surface area contributed by atoms with Gasteiger partial charge in [-0.2, -0.15) is 0 Å². The van der Waals surface area contributed by atoms with Crippen LogP contribution >= 0.6 is 0 Å². The quantitative estimate of drug-likeness (QED) is 0.134. The lowest BCUT2D eigenvalue weighted by molar-refractivity contribution is -0.124. The fourth-order valence-electron chi connectivity index (χ4n) is 5.66. The predicted octanol–water partition coefficient (Wildman–Crippen LogP) is 11.0. The summed E-state index contributed by atoms with van der Waals surface area (Å²) in [6, 6.07) is 0. The Kier molecular flexibility index (Phi) is 13.9. The molecule has 2 nitrogen and oxygen atoms in total. The second-order valence-corrected chi connectivity index (χ2v) is 12.7. The Labute approximate surface area is 256 Å². The number of hydrogen-bond donors (Lipinski definition) is 0. The van der Waals surface area contributed by atoms with Crippen molar-refractivity contribution in [2.45, 2.75) is 93.9 Å². The zero-order valence-electron chi connectivity index (χ0n) is 27.3. The van der Waals surface area contributed by atoms with Gasteiger partial charge in [0.25, 0.3) is 0 Å². The minimum absolute atomic E-state index is 0.271. The van der Waals surface area contributed by atoms with Gasteiger partial charge in [0.2, 0.25) is 0 Å². The Morgan fingerprint density at radius 1 is 0.571 bits per heavy atom. The van der Waals surface area contributed by atoms with Crippen molar-refractivity contribution in [2.24, 2.45) is 10.8 Å². The fourth-order valence-corrected chi connectivity index (χ4v) is 5.66. The zero-order chi connectivity index (χ0) is 31.2. The van der Waals surface area contributed by atoms with Gasteiger partial charge in [0.15, 0.2) is 0 Å². The van der Waals surface area contributed by atoms with E-state index in [0.717, 1.165) is 47.7 Å². The Morgan fingerprint density at radius 2 is 0.976 bits per heavy atom. The molecular formula is C40H52O2. The number of rotatable bonds is 12. The highest BCUT2D eigenvalue weighted by Crippen LogP contribution is 2.41. The standard InChI is InChI=1S/C40H52O2/c1-31(17-11-19-33(3)23-25-37-35(5)21-13-27-39(37,7)8)15-9-10-16-32(2)18-12-20-34(4)24-26-38-36(6)22-14-28-40(38,29-41)30-42/h9-12,15-20,23-26,29-30H,13-14,21-22,27-28H2,1-8H3/b10-9+,17-11+,18-12+,25-23+,26-24+,31-15+,32-16+,33-19+,34-20+. The van der Waals surface area contributed by atoms with Gasteiger partial charge in [-0.3, -0.25) is 0 Å². The third kappa shape index (κ3) is 10.7. The first-order valence-corrected chi connectivity index (χ1v) is 15.3. The van der Waals surface area contributed by atoms with Gasteiger partial charge in [0, 0.05) is 0 Å². The lowest BCUT2D eigenvalue weighted by Crippen LogP contribution is -2.30. The van der Waals surface area contributed by atoms with Crippen molar-refractivity contribution >= 4 is 12.6 Å². The molecule has 2 heteroatoms. The topological polar surface area (TPSA) is 34.1 Å². The van der Waals surface area contributed by atoms with Gasteiger partial charge < -0.3 is 9.59 Å². The van der Waals surface area contributed by atoms with Crippen LogP contribution in [0, 0.1) is 10.8 Å². The van der Waals surface area contributed by atoms with E-state index in [1.165, 1.54) is 41.6 Å². The summed E-state index contributed by atoms with van der Waals surface area (Å²) in [4.78, 5) is 23.4. The first-order valence-electron chi connectivity index (χ1n) is 15.3. The number of carbonyl (C=O) groups is 2. The molecule has 2 aliphatic rings. The van der Waals surface area contributed by atoms with Crippen LogP contribution in [0.4, 0.5) is 0 Å². The average Bonchev–Trinajstić information content (AvgIpc) is 2.94. The Bertz CT molecular complexity index is 1310. The summed E-state index contributed by atoms with van der Waals surface area (Å²) >= 11 is 0. The molecule has 0 aromatic heterocycles. The van der Waals surface area contributed by atoms with E-state index in [9.17, 15) is 9.59 Å². The van der Waals surface area contributed by atoms with Gasteiger partial charge in [0.1, 0.15) is 18.0 Å². The van der Waals surface area contributed by atoms with Crippen molar-refractivity contribution in [3.63, 3.8) is 0 Å². The molecule has 2 rings (SSSR count). The maximum absolute atomic E-state index is 11.7. The molecule has 0 bridgehead atoms. The van der Waals surface area contributed by atoms with Crippen molar-refractivity contribution in [3.8, 4) is 0 Å². The van der Waals surface area contributed by atoms with Crippen molar-refractivity contribution in [3.05, 3.63) is 130 Å². The maximum Gasteiger partial charge on any atom is 0.137 e.